The molecule has 1 N–H and O–H groups in total. The minimum atomic E-state index is -2.88. The van der Waals surface area contributed by atoms with E-state index >= 15 is 0 Å². The van der Waals surface area contributed by atoms with Crippen molar-refractivity contribution in [1.29, 1.82) is 0 Å². The molecule has 0 spiro atoms. The zero-order valence-electron chi connectivity index (χ0n) is 23.5. The number of nitrogens with zero attached hydrogens (tertiary/aromatic N) is 1. The number of amides is 1. The molecule has 0 aliphatic rings. The number of carbonyl (C=O) groups excluding carboxylic acids is 1. The lowest BCUT2D eigenvalue weighted by Gasteiger charge is -2.43. The first-order valence-electron chi connectivity index (χ1n) is 13.0. The molecular weight excluding hydrogens is 508 g/mol. The van der Waals surface area contributed by atoms with Gasteiger partial charge >= 0.3 is 6.09 Å². The van der Waals surface area contributed by atoms with Crippen molar-refractivity contribution in [3.05, 3.63) is 107 Å². The van der Waals surface area contributed by atoms with Crippen molar-refractivity contribution in [2.75, 3.05) is 6.61 Å². The van der Waals surface area contributed by atoms with E-state index in [-0.39, 0.29) is 17.3 Å². The van der Waals surface area contributed by atoms with E-state index in [1.165, 1.54) is 6.07 Å². The molecule has 0 unspecified atom stereocenters. The summed E-state index contributed by atoms with van der Waals surface area (Å²) >= 11 is 0. The summed E-state index contributed by atoms with van der Waals surface area (Å²) in [7, 11) is -2.88. The van der Waals surface area contributed by atoms with E-state index in [0.29, 0.717) is 5.56 Å². The predicted octanol–water partition coefficient (Wildman–Crippen LogP) is 6.08. The number of carbonyl (C=O) groups is 1. The highest BCUT2D eigenvalue weighted by molar-refractivity contribution is 6.99. The number of nitro benzene ring substituents is 1. The summed E-state index contributed by atoms with van der Waals surface area (Å²) in [6, 6.07) is 26.3. The van der Waals surface area contributed by atoms with Gasteiger partial charge in [-0.2, -0.15) is 0 Å². The molecule has 1 atom stereocenters. The van der Waals surface area contributed by atoms with Crippen molar-refractivity contribution >= 4 is 36.5 Å². The summed E-state index contributed by atoms with van der Waals surface area (Å²) in [4.78, 5) is 23.9. The number of benzene rings is 3. The topological polar surface area (TPSA) is 90.7 Å². The fourth-order valence-electron chi connectivity index (χ4n) is 4.60. The van der Waals surface area contributed by atoms with Crippen molar-refractivity contribution < 1.29 is 18.9 Å². The number of hydrogen-bond acceptors (Lipinski definition) is 5. The van der Waals surface area contributed by atoms with Gasteiger partial charge in [0.05, 0.1) is 23.1 Å². The third-order valence-electron chi connectivity index (χ3n) is 6.24. The van der Waals surface area contributed by atoms with Crippen LogP contribution in [0.4, 0.5) is 10.5 Å². The van der Waals surface area contributed by atoms with Gasteiger partial charge in [-0.15, -0.1) is 0 Å². The highest BCUT2D eigenvalue weighted by Gasteiger charge is 2.50. The van der Waals surface area contributed by atoms with Gasteiger partial charge in [0.2, 0.25) is 0 Å². The van der Waals surface area contributed by atoms with Crippen molar-refractivity contribution in [3.63, 3.8) is 0 Å². The lowest BCUT2D eigenvalue weighted by molar-refractivity contribution is -0.385. The Morgan fingerprint density at radius 2 is 1.41 bits per heavy atom. The summed E-state index contributed by atoms with van der Waals surface area (Å²) in [5, 5.41) is 16.4. The third-order valence-corrected chi connectivity index (χ3v) is 11.2. The van der Waals surface area contributed by atoms with Gasteiger partial charge in [0.25, 0.3) is 14.0 Å². The number of hydrogen-bond donors (Lipinski definition) is 1. The van der Waals surface area contributed by atoms with Crippen LogP contribution < -0.4 is 15.7 Å². The van der Waals surface area contributed by atoms with Gasteiger partial charge in [0, 0.05) is 6.07 Å². The zero-order chi connectivity index (χ0) is 28.7. The van der Waals surface area contributed by atoms with Crippen LogP contribution in [0.2, 0.25) is 5.04 Å². The second-order valence-electron chi connectivity index (χ2n) is 11.4. The fourth-order valence-corrected chi connectivity index (χ4v) is 9.18. The Hall–Kier alpha value is -3.75. The van der Waals surface area contributed by atoms with Crippen LogP contribution in [0.1, 0.15) is 47.1 Å². The second kappa shape index (κ2) is 12.4. The number of ether oxygens (including phenoxy) is 1. The lowest BCUT2D eigenvalue weighted by atomic mass is 10.1. The smallest absolute Gasteiger partial charge is 0.408 e. The van der Waals surface area contributed by atoms with Crippen molar-refractivity contribution in [2.24, 2.45) is 0 Å². The molecule has 3 aromatic rings. The molecule has 206 valence electrons. The van der Waals surface area contributed by atoms with E-state index in [0.717, 1.165) is 10.4 Å². The molecule has 0 fully saturated rings. The maximum Gasteiger partial charge on any atom is 0.408 e. The first kappa shape index (κ1) is 29.8. The molecule has 3 aromatic carbocycles. The number of alkyl carbamates (subject to hydrolysis) is 1. The number of nitrogens with one attached hydrogen (secondary N) is 1. The summed E-state index contributed by atoms with van der Waals surface area (Å²) in [6.07, 6.45) is 2.78. The predicted molar refractivity (Wildman–Crippen MR) is 159 cm³/mol. The van der Waals surface area contributed by atoms with Gasteiger partial charge in [-0.25, -0.2) is 4.79 Å². The maximum absolute atomic E-state index is 12.8. The Morgan fingerprint density at radius 1 is 0.897 bits per heavy atom. The minimum Gasteiger partial charge on any atom is -0.444 e. The lowest BCUT2D eigenvalue weighted by Crippen LogP contribution is -2.67. The van der Waals surface area contributed by atoms with Gasteiger partial charge < -0.3 is 14.5 Å². The minimum absolute atomic E-state index is 0.0160. The Labute approximate surface area is 232 Å². The zero-order valence-corrected chi connectivity index (χ0v) is 24.5. The normalized spacial score (nSPS) is 13.2. The maximum atomic E-state index is 12.8. The van der Waals surface area contributed by atoms with Crippen molar-refractivity contribution in [3.8, 4) is 0 Å². The molecule has 0 heterocycles. The van der Waals surface area contributed by atoms with Crippen LogP contribution >= 0.6 is 0 Å². The SMILES string of the molecule is CC(C)(C)OC(=O)N[C@@H](/C=C/c1ccccc1[N+](=O)[O-])CO[Si](c1ccccc1)(c1ccccc1)C(C)(C)C. The first-order valence-corrected chi connectivity index (χ1v) is 14.9. The second-order valence-corrected chi connectivity index (χ2v) is 15.7. The molecule has 0 saturated heterocycles. The Kier molecular flexibility index (Phi) is 9.48. The molecule has 1 amide bonds. The van der Waals surface area contributed by atoms with Crippen LogP contribution in [-0.4, -0.2) is 37.6 Å². The standard InChI is InChI=1S/C31H38N2O5Si/c1-30(2,3)38-29(34)32-25(22-21-24-15-13-14-20-28(24)33(35)36)23-37-39(31(4,5)6,26-16-9-7-10-17-26)27-18-11-8-12-19-27/h7-22,25H,23H2,1-6H3,(H,32,34)/b22-21+/t25-/m0/s1. The van der Waals surface area contributed by atoms with E-state index in [2.05, 4.69) is 50.4 Å². The van der Waals surface area contributed by atoms with Gasteiger partial charge in [-0.05, 0) is 48.3 Å². The average Bonchev–Trinajstić information content (AvgIpc) is 2.87. The van der Waals surface area contributed by atoms with Gasteiger partial charge in [-0.3, -0.25) is 10.1 Å². The molecule has 0 aromatic heterocycles. The first-order chi connectivity index (χ1) is 18.3. The molecule has 0 aliphatic heterocycles. The van der Waals surface area contributed by atoms with Crippen LogP contribution in [0, 0.1) is 10.1 Å². The van der Waals surface area contributed by atoms with Gasteiger partial charge in [0.1, 0.15) is 5.60 Å². The van der Waals surface area contributed by atoms with Gasteiger partial charge in [-0.1, -0.05) is 99.6 Å². The van der Waals surface area contributed by atoms with Crippen LogP contribution in [0.3, 0.4) is 0 Å². The van der Waals surface area contributed by atoms with Crippen molar-refractivity contribution in [1.82, 2.24) is 5.32 Å². The Morgan fingerprint density at radius 3 is 1.90 bits per heavy atom. The molecule has 8 heteroatoms. The number of rotatable bonds is 9. The summed E-state index contributed by atoms with van der Waals surface area (Å²) < 4.78 is 12.5. The van der Waals surface area contributed by atoms with E-state index < -0.39 is 31.0 Å². The average molecular weight is 547 g/mol. The molecule has 7 nitrogen and oxygen atoms in total. The molecule has 3 rings (SSSR count). The van der Waals surface area contributed by atoms with E-state index in [4.69, 9.17) is 9.16 Å². The molecule has 0 saturated carbocycles. The summed E-state index contributed by atoms with van der Waals surface area (Å²) in [5.74, 6) is 0. The van der Waals surface area contributed by atoms with Crippen molar-refractivity contribution in [2.45, 2.75) is 58.2 Å². The molecule has 0 aliphatic carbocycles. The molecule has 0 bridgehead atoms. The third kappa shape index (κ3) is 7.65. The largest absolute Gasteiger partial charge is 0.444 e. The van der Waals surface area contributed by atoms with Gasteiger partial charge in [0.15, 0.2) is 0 Å². The molecular formula is C31H38N2O5Si. The monoisotopic (exact) mass is 546 g/mol. The number of para-hydroxylation sites is 1. The van der Waals surface area contributed by atoms with E-state index in [1.807, 2.05) is 36.4 Å². The summed E-state index contributed by atoms with van der Waals surface area (Å²) in [6.45, 7) is 12.1. The highest BCUT2D eigenvalue weighted by atomic mass is 28.4. The van der Waals surface area contributed by atoms with E-state index in [9.17, 15) is 14.9 Å². The van der Waals surface area contributed by atoms with Crippen LogP contribution in [-0.2, 0) is 9.16 Å². The fraction of sp³-hybridized carbons (Fsp3) is 0.323. The van der Waals surface area contributed by atoms with Crippen LogP contribution in [0.15, 0.2) is 91.0 Å². The van der Waals surface area contributed by atoms with E-state index in [1.54, 1.807) is 51.1 Å². The van der Waals surface area contributed by atoms with Crippen LogP contribution in [0.5, 0.6) is 0 Å². The molecule has 39 heavy (non-hydrogen) atoms. The highest BCUT2D eigenvalue weighted by Crippen LogP contribution is 2.37. The summed E-state index contributed by atoms with van der Waals surface area (Å²) in [5.41, 5.74) is -0.267. The quantitative estimate of drug-likeness (QED) is 0.200. The number of nitro groups is 1. The Balaban J connectivity index is 2.04. The Bertz CT molecular complexity index is 1240. The van der Waals surface area contributed by atoms with Crippen LogP contribution in [0.25, 0.3) is 6.08 Å². The molecule has 0 radical (unpaired) electrons.